The van der Waals surface area contributed by atoms with Gasteiger partial charge in [0.1, 0.15) is 0 Å². The summed E-state index contributed by atoms with van der Waals surface area (Å²) >= 11 is 1.79. The number of aromatic nitrogens is 1. The molecule has 7 heteroatoms. The molecule has 0 spiro atoms. The molecule has 2 N–H and O–H groups in total. The number of hydrogen-bond acceptors (Lipinski definition) is 4. The SMILES string of the molecule is CCc1cnc(CCNC(=NC)NCc2cccc(COCc3ccccc3)c2)s1.I. The van der Waals surface area contributed by atoms with Crippen molar-refractivity contribution >= 4 is 41.3 Å². The van der Waals surface area contributed by atoms with Gasteiger partial charge in [0.2, 0.25) is 0 Å². The highest BCUT2D eigenvalue weighted by Crippen LogP contribution is 2.13. The minimum absolute atomic E-state index is 0. The molecule has 3 aromatic rings. The van der Waals surface area contributed by atoms with Crippen molar-refractivity contribution in [2.24, 2.45) is 4.99 Å². The molecular weight excluding hydrogens is 519 g/mol. The van der Waals surface area contributed by atoms with Gasteiger partial charge in [-0.3, -0.25) is 4.99 Å². The number of guanidine groups is 1. The predicted molar refractivity (Wildman–Crippen MR) is 140 cm³/mol. The minimum Gasteiger partial charge on any atom is -0.372 e. The van der Waals surface area contributed by atoms with E-state index < -0.39 is 0 Å². The Morgan fingerprint density at radius 2 is 1.74 bits per heavy atom. The molecule has 5 nitrogen and oxygen atoms in total. The molecule has 0 atom stereocenters. The summed E-state index contributed by atoms with van der Waals surface area (Å²) in [7, 11) is 1.79. The van der Waals surface area contributed by atoms with Gasteiger partial charge in [0.15, 0.2) is 5.96 Å². The number of nitrogens with one attached hydrogen (secondary N) is 2. The molecule has 0 unspecified atom stereocenters. The van der Waals surface area contributed by atoms with Crippen LogP contribution >= 0.6 is 35.3 Å². The van der Waals surface area contributed by atoms with E-state index in [0.717, 1.165) is 30.4 Å². The Morgan fingerprint density at radius 3 is 2.48 bits per heavy atom. The molecule has 0 saturated heterocycles. The number of ether oxygens (including phenoxy) is 1. The zero-order valence-electron chi connectivity index (χ0n) is 18.1. The van der Waals surface area contributed by atoms with Crippen LogP contribution in [0.3, 0.4) is 0 Å². The first kappa shape index (κ1) is 25.3. The molecule has 0 fully saturated rings. The van der Waals surface area contributed by atoms with Crippen LogP contribution in [0.15, 0.2) is 65.8 Å². The Hall–Kier alpha value is -1.97. The first-order valence-corrected chi connectivity index (χ1v) is 11.2. The van der Waals surface area contributed by atoms with Crippen molar-refractivity contribution in [3.8, 4) is 0 Å². The third kappa shape index (κ3) is 8.96. The predicted octanol–water partition coefficient (Wildman–Crippen LogP) is 4.95. The van der Waals surface area contributed by atoms with Crippen molar-refractivity contribution in [1.29, 1.82) is 0 Å². The third-order valence-electron chi connectivity index (χ3n) is 4.64. The van der Waals surface area contributed by atoms with E-state index in [-0.39, 0.29) is 24.0 Å². The number of thiazole rings is 1. The second-order valence-electron chi connectivity index (χ2n) is 6.97. The summed E-state index contributed by atoms with van der Waals surface area (Å²) in [6, 6.07) is 18.7. The number of aryl methyl sites for hydroxylation is 1. The van der Waals surface area contributed by atoms with Crippen molar-refractivity contribution in [2.75, 3.05) is 13.6 Å². The number of halogens is 1. The van der Waals surface area contributed by atoms with Crippen molar-refractivity contribution in [3.63, 3.8) is 0 Å². The fourth-order valence-electron chi connectivity index (χ4n) is 3.01. The molecular formula is C24H31IN4OS. The maximum atomic E-state index is 5.85. The maximum Gasteiger partial charge on any atom is 0.191 e. The zero-order valence-corrected chi connectivity index (χ0v) is 21.3. The molecule has 0 aliphatic rings. The van der Waals surface area contributed by atoms with Crippen molar-refractivity contribution in [2.45, 2.75) is 39.5 Å². The third-order valence-corrected chi connectivity index (χ3v) is 5.84. The molecule has 0 bridgehead atoms. The van der Waals surface area contributed by atoms with Crippen LogP contribution in [-0.2, 0) is 37.3 Å². The van der Waals surface area contributed by atoms with E-state index in [1.54, 1.807) is 18.4 Å². The molecule has 0 amide bonds. The fourth-order valence-corrected chi connectivity index (χ4v) is 3.87. The van der Waals surface area contributed by atoms with Crippen LogP contribution in [0.5, 0.6) is 0 Å². The fraction of sp³-hybridized carbons (Fsp3) is 0.333. The van der Waals surface area contributed by atoms with E-state index in [1.165, 1.54) is 21.6 Å². The highest BCUT2D eigenvalue weighted by Gasteiger charge is 2.03. The maximum absolute atomic E-state index is 5.85. The second kappa shape index (κ2) is 14.2. The quantitative estimate of drug-likeness (QED) is 0.213. The molecule has 1 heterocycles. The number of rotatable bonds is 10. The molecule has 31 heavy (non-hydrogen) atoms. The summed E-state index contributed by atoms with van der Waals surface area (Å²) in [4.78, 5) is 10.1. The minimum atomic E-state index is 0. The number of aliphatic imine (C=N–C) groups is 1. The Kier molecular flexibility index (Phi) is 11.6. The second-order valence-corrected chi connectivity index (χ2v) is 8.17. The van der Waals surface area contributed by atoms with Gasteiger partial charge in [0, 0.05) is 37.6 Å². The van der Waals surface area contributed by atoms with Gasteiger partial charge >= 0.3 is 0 Å². The van der Waals surface area contributed by atoms with Gasteiger partial charge in [-0.2, -0.15) is 0 Å². The standard InChI is InChI=1S/C24H30N4OS.HI/c1-3-22-16-27-23(30-22)12-13-26-24(25-2)28-15-20-10-7-11-21(14-20)18-29-17-19-8-5-4-6-9-19;/h4-11,14,16H,3,12-13,15,17-18H2,1-2H3,(H2,25,26,28);1H. The molecule has 0 saturated carbocycles. The number of hydrogen-bond donors (Lipinski definition) is 2. The van der Waals surface area contributed by atoms with Crippen molar-refractivity contribution in [1.82, 2.24) is 15.6 Å². The molecule has 166 valence electrons. The van der Waals surface area contributed by atoms with E-state index in [9.17, 15) is 0 Å². The summed E-state index contributed by atoms with van der Waals surface area (Å²) < 4.78 is 5.85. The average molecular weight is 551 g/mol. The molecule has 0 aliphatic heterocycles. The lowest BCUT2D eigenvalue weighted by atomic mass is 10.1. The van der Waals surface area contributed by atoms with Crippen molar-refractivity contribution < 1.29 is 4.74 Å². The summed E-state index contributed by atoms with van der Waals surface area (Å²) in [5.74, 6) is 0.799. The lowest BCUT2D eigenvalue weighted by molar-refractivity contribution is 0.107. The number of benzene rings is 2. The van der Waals surface area contributed by atoms with E-state index in [2.05, 4.69) is 63.9 Å². The summed E-state index contributed by atoms with van der Waals surface area (Å²) in [6.45, 7) is 4.90. The smallest absolute Gasteiger partial charge is 0.191 e. The summed E-state index contributed by atoms with van der Waals surface area (Å²) in [6.07, 6.45) is 3.92. The van der Waals surface area contributed by atoms with Gasteiger partial charge in [-0.25, -0.2) is 4.98 Å². The monoisotopic (exact) mass is 550 g/mol. The van der Waals surface area contributed by atoms with Crippen LogP contribution in [-0.4, -0.2) is 24.5 Å². The molecule has 2 aromatic carbocycles. The van der Waals surface area contributed by atoms with Crippen LogP contribution in [0, 0.1) is 0 Å². The first-order chi connectivity index (χ1) is 14.8. The van der Waals surface area contributed by atoms with Crippen LogP contribution in [0.1, 0.15) is 33.5 Å². The highest BCUT2D eigenvalue weighted by atomic mass is 127. The van der Waals surface area contributed by atoms with Crippen LogP contribution < -0.4 is 10.6 Å². The van der Waals surface area contributed by atoms with Gasteiger partial charge in [-0.1, -0.05) is 61.5 Å². The van der Waals surface area contributed by atoms with Gasteiger partial charge < -0.3 is 15.4 Å². The molecule has 3 rings (SSSR count). The summed E-state index contributed by atoms with van der Waals surface area (Å²) in [5.41, 5.74) is 3.56. The van der Waals surface area contributed by atoms with Gasteiger partial charge in [0.25, 0.3) is 0 Å². The van der Waals surface area contributed by atoms with E-state index >= 15 is 0 Å². The Bertz CT molecular complexity index is 930. The van der Waals surface area contributed by atoms with Gasteiger partial charge in [-0.05, 0) is 23.1 Å². The first-order valence-electron chi connectivity index (χ1n) is 10.3. The van der Waals surface area contributed by atoms with E-state index in [0.29, 0.717) is 19.8 Å². The van der Waals surface area contributed by atoms with Crippen LogP contribution in [0.2, 0.25) is 0 Å². The van der Waals surface area contributed by atoms with E-state index in [4.69, 9.17) is 4.74 Å². The molecule has 1 aromatic heterocycles. The average Bonchev–Trinajstić information content (AvgIpc) is 3.25. The molecule has 0 radical (unpaired) electrons. The lowest BCUT2D eigenvalue weighted by Crippen LogP contribution is -2.37. The van der Waals surface area contributed by atoms with Crippen LogP contribution in [0.4, 0.5) is 0 Å². The van der Waals surface area contributed by atoms with Crippen LogP contribution in [0.25, 0.3) is 0 Å². The lowest BCUT2D eigenvalue weighted by Gasteiger charge is -2.12. The van der Waals surface area contributed by atoms with Crippen molar-refractivity contribution in [3.05, 3.63) is 87.4 Å². The largest absolute Gasteiger partial charge is 0.372 e. The highest BCUT2D eigenvalue weighted by molar-refractivity contribution is 14.0. The number of nitrogens with zero attached hydrogens (tertiary/aromatic N) is 2. The normalized spacial score (nSPS) is 11.1. The van der Waals surface area contributed by atoms with Gasteiger partial charge in [0.05, 0.1) is 18.2 Å². The topological polar surface area (TPSA) is 58.5 Å². The Morgan fingerprint density at radius 1 is 1.00 bits per heavy atom. The Balaban J connectivity index is 0.00000341. The molecule has 0 aliphatic carbocycles. The van der Waals surface area contributed by atoms with Gasteiger partial charge in [-0.15, -0.1) is 35.3 Å². The van der Waals surface area contributed by atoms with E-state index in [1.807, 2.05) is 24.4 Å². The Labute approximate surface area is 206 Å². The zero-order chi connectivity index (χ0) is 21.0. The summed E-state index contributed by atoms with van der Waals surface area (Å²) in [5, 5.41) is 7.91.